The molecule has 1 amide bonds. The van der Waals surface area contributed by atoms with Gasteiger partial charge in [0.25, 0.3) is 0 Å². The van der Waals surface area contributed by atoms with Crippen LogP contribution in [0.3, 0.4) is 0 Å². The zero-order valence-electron chi connectivity index (χ0n) is 14.0. The van der Waals surface area contributed by atoms with Gasteiger partial charge in [-0.15, -0.1) is 0 Å². The van der Waals surface area contributed by atoms with Crippen LogP contribution in [0.2, 0.25) is 0 Å². The lowest BCUT2D eigenvalue weighted by atomic mass is 10.1. The van der Waals surface area contributed by atoms with E-state index in [2.05, 4.69) is 24.2 Å². The molecule has 0 bridgehead atoms. The van der Waals surface area contributed by atoms with Crippen LogP contribution in [0.1, 0.15) is 35.9 Å². The molecule has 0 atom stereocenters. The van der Waals surface area contributed by atoms with Gasteiger partial charge >= 0.3 is 0 Å². The third-order valence-corrected chi connectivity index (χ3v) is 4.05. The minimum atomic E-state index is 0.171. The lowest BCUT2D eigenvalue weighted by Crippen LogP contribution is -2.32. The van der Waals surface area contributed by atoms with Crippen LogP contribution in [-0.4, -0.2) is 27.1 Å². The fourth-order valence-electron chi connectivity index (χ4n) is 2.70. The summed E-state index contributed by atoms with van der Waals surface area (Å²) in [6, 6.07) is 10.2. The highest BCUT2D eigenvalue weighted by molar-refractivity contribution is 5.79. The predicted octanol–water partition coefficient (Wildman–Crippen LogP) is 3.02. The molecule has 4 nitrogen and oxygen atoms in total. The van der Waals surface area contributed by atoms with Gasteiger partial charge in [0.15, 0.2) is 0 Å². The highest BCUT2D eigenvalue weighted by Gasteiger charge is 2.18. The summed E-state index contributed by atoms with van der Waals surface area (Å²) in [4.78, 5) is 14.7. The maximum absolute atomic E-state index is 12.7. The summed E-state index contributed by atoms with van der Waals surface area (Å²) in [5.74, 6) is 0.171. The van der Waals surface area contributed by atoms with E-state index in [1.165, 1.54) is 5.56 Å². The van der Waals surface area contributed by atoms with Gasteiger partial charge in [0.1, 0.15) is 0 Å². The SMILES string of the molecule is CCCN(Cc1ccccc1)C(=O)Cc1c(C)nn(C)c1C. The van der Waals surface area contributed by atoms with Crippen molar-refractivity contribution in [2.45, 2.75) is 40.2 Å². The van der Waals surface area contributed by atoms with E-state index in [1.54, 1.807) is 0 Å². The molecule has 4 heteroatoms. The van der Waals surface area contributed by atoms with E-state index in [-0.39, 0.29) is 5.91 Å². The van der Waals surface area contributed by atoms with Gasteiger partial charge in [-0.05, 0) is 25.8 Å². The summed E-state index contributed by atoms with van der Waals surface area (Å²) in [6.45, 7) is 7.55. The molecule has 2 aromatic rings. The molecule has 0 spiro atoms. The molecule has 1 aromatic heterocycles. The van der Waals surface area contributed by atoms with Crippen LogP contribution in [-0.2, 0) is 24.8 Å². The van der Waals surface area contributed by atoms with Gasteiger partial charge < -0.3 is 4.90 Å². The zero-order valence-corrected chi connectivity index (χ0v) is 14.0. The number of aryl methyl sites for hydroxylation is 2. The number of aromatic nitrogens is 2. The number of carbonyl (C=O) groups excluding carboxylic acids is 1. The third-order valence-electron chi connectivity index (χ3n) is 4.05. The molecule has 0 fully saturated rings. The lowest BCUT2D eigenvalue weighted by Gasteiger charge is -2.22. The third kappa shape index (κ3) is 3.75. The molecule has 0 radical (unpaired) electrons. The van der Waals surface area contributed by atoms with Crippen molar-refractivity contribution < 1.29 is 4.79 Å². The van der Waals surface area contributed by atoms with Crippen molar-refractivity contribution in [3.63, 3.8) is 0 Å². The van der Waals surface area contributed by atoms with Crippen LogP contribution >= 0.6 is 0 Å². The average Bonchev–Trinajstić information content (AvgIpc) is 2.74. The topological polar surface area (TPSA) is 38.1 Å². The Morgan fingerprint density at radius 2 is 1.91 bits per heavy atom. The number of rotatable bonds is 6. The van der Waals surface area contributed by atoms with Crippen LogP contribution in [0.25, 0.3) is 0 Å². The molecular weight excluding hydrogens is 274 g/mol. The monoisotopic (exact) mass is 299 g/mol. The summed E-state index contributed by atoms with van der Waals surface area (Å²) in [7, 11) is 1.92. The number of hydrogen-bond acceptors (Lipinski definition) is 2. The first-order valence-corrected chi connectivity index (χ1v) is 7.83. The van der Waals surface area contributed by atoms with Crippen molar-refractivity contribution in [2.24, 2.45) is 7.05 Å². The molecule has 118 valence electrons. The van der Waals surface area contributed by atoms with E-state index in [1.807, 2.05) is 48.7 Å². The van der Waals surface area contributed by atoms with Crippen LogP contribution in [0, 0.1) is 13.8 Å². The van der Waals surface area contributed by atoms with E-state index >= 15 is 0 Å². The Balaban J connectivity index is 2.12. The fraction of sp³-hybridized carbons (Fsp3) is 0.444. The summed E-state index contributed by atoms with van der Waals surface area (Å²) in [5.41, 5.74) is 4.25. The van der Waals surface area contributed by atoms with E-state index in [0.717, 1.165) is 29.9 Å². The smallest absolute Gasteiger partial charge is 0.227 e. The number of benzene rings is 1. The molecule has 22 heavy (non-hydrogen) atoms. The van der Waals surface area contributed by atoms with Gasteiger partial charge in [0.2, 0.25) is 5.91 Å². The number of amides is 1. The Hall–Kier alpha value is -2.10. The molecular formula is C18H25N3O. The Morgan fingerprint density at radius 1 is 1.23 bits per heavy atom. The van der Waals surface area contributed by atoms with Crippen molar-refractivity contribution in [1.82, 2.24) is 14.7 Å². The quantitative estimate of drug-likeness (QED) is 0.822. The van der Waals surface area contributed by atoms with Crippen molar-refractivity contribution in [3.8, 4) is 0 Å². The second-order valence-corrected chi connectivity index (χ2v) is 5.75. The first kappa shape index (κ1) is 16.3. The van der Waals surface area contributed by atoms with Gasteiger partial charge in [0, 0.05) is 31.4 Å². The molecule has 0 aliphatic rings. The summed E-state index contributed by atoms with van der Waals surface area (Å²) in [6.07, 6.45) is 1.39. The van der Waals surface area contributed by atoms with Crippen molar-refractivity contribution in [1.29, 1.82) is 0 Å². The fourth-order valence-corrected chi connectivity index (χ4v) is 2.70. The highest BCUT2D eigenvalue weighted by atomic mass is 16.2. The Morgan fingerprint density at radius 3 is 2.45 bits per heavy atom. The van der Waals surface area contributed by atoms with E-state index in [4.69, 9.17) is 0 Å². The normalized spacial score (nSPS) is 10.7. The standard InChI is InChI=1S/C18H25N3O/c1-5-11-21(13-16-9-7-6-8-10-16)18(22)12-17-14(2)19-20(4)15(17)3/h6-10H,5,11-13H2,1-4H3. The van der Waals surface area contributed by atoms with Crippen LogP contribution < -0.4 is 0 Å². The Labute approximate surface area is 132 Å². The average molecular weight is 299 g/mol. The summed E-state index contributed by atoms with van der Waals surface area (Å²) < 4.78 is 1.85. The first-order chi connectivity index (χ1) is 10.5. The summed E-state index contributed by atoms with van der Waals surface area (Å²) in [5, 5.41) is 4.40. The van der Waals surface area contributed by atoms with E-state index < -0.39 is 0 Å². The van der Waals surface area contributed by atoms with E-state index in [9.17, 15) is 4.79 Å². The Kier molecular flexibility index (Phi) is 5.36. The van der Waals surface area contributed by atoms with Crippen molar-refractivity contribution in [3.05, 3.63) is 52.8 Å². The van der Waals surface area contributed by atoms with E-state index in [0.29, 0.717) is 13.0 Å². The maximum atomic E-state index is 12.7. The molecule has 0 aliphatic heterocycles. The minimum Gasteiger partial charge on any atom is -0.338 e. The van der Waals surface area contributed by atoms with Crippen molar-refractivity contribution in [2.75, 3.05) is 6.54 Å². The number of nitrogens with zero attached hydrogens (tertiary/aromatic N) is 3. The molecule has 0 N–H and O–H groups in total. The second kappa shape index (κ2) is 7.25. The van der Waals surface area contributed by atoms with Gasteiger partial charge in [-0.2, -0.15) is 5.10 Å². The molecule has 2 rings (SSSR count). The largest absolute Gasteiger partial charge is 0.338 e. The van der Waals surface area contributed by atoms with Gasteiger partial charge in [-0.25, -0.2) is 0 Å². The molecule has 0 saturated heterocycles. The van der Waals surface area contributed by atoms with Crippen LogP contribution in [0.4, 0.5) is 0 Å². The van der Waals surface area contributed by atoms with Gasteiger partial charge in [0.05, 0.1) is 12.1 Å². The second-order valence-electron chi connectivity index (χ2n) is 5.75. The van der Waals surface area contributed by atoms with Gasteiger partial charge in [-0.1, -0.05) is 37.3 Å². The summed E-state index contributed by atoms with van der Waals surface area (Å²) >= 11 is 0. The first-order valence-electron chi connectivity index (χ1n) is 7.83. The van der Waals surface area contributed by atoms with Crippen molar-refractivity contribution >= 4 is 5.91 Å². The molecule has 1 aromatic carbocycles. The Bertz CT molecular complexity index is 631. The molecule has 0 unspecified atom stereocenters. The number of hydrogen-bond donors (Lipinski definition) is 0. The molecule has 0 aliphatic carbocycles. The lowest BCUT2D eigenvalue weighted by molar-refractivity contribution is -0.131. The van der Waals surface area contributed by atoms with Crippen LogP contribution in [0.5, 0.6) is 0 Å². The maximum Gasteiger partial charge on any atom is 0.227 e. The molecule has 1 heterocycles. The number of carbonyl (C=O) groups is 1. The molecule has 0 saturated carbocycles. The zero-order chi connectivity index (χ0) is 16.1. The highest BCUT2D eigenvalue weighted by Crippen LogP contribution is 2.15. The predicted molar refractivity (Wildman–Crippen MR) is 88.5 cm³/mol. The van der Waals surface area contributed by atoms with Crippen LogP contribution in [0.15, 0.2) is 30.3 Å². The van der Waals surface area contributed by atoms with Gasteiger partial charge in [-0.3, -0.25) is 9.48 Å². The minimum absolute atomic E-state index is 0.171.